The van der Waals surface area contributed by atoms with E-state index in [1.54, 1.807) is 12.1 Å². The molecule has 3 rings (SSSR count). The molecular weight excluding hydrogens is 474 g/mol. The van der Waals surface area contributed by atoms with Crippen molar-refractivity contribution in [3.63, 3.8) is 0 Å². The van der Waals surface area contributed by atoms with Crippen molar-refractivity contribution in [2.45, 2.75) is 25.7 Å². The average molecular weight is 496 g/mol. The second-order valence-corrected chi connectivity index (χ2v) is 7.92. The van der Waals surface area contributed by atoms with Crippen molar-refractivity contribution in [1.29, 1.82) is 0 Å². The third kappa shape index (κ3) is 4.30. The van der Waals surface area contributed by atoms with Crippen LogP contribution in [0.2, 0.25) is 0 Å². The molecule has 28 heavy (non-hydrogen) atoms. The van der Waals surface area contributed by atoms with Gasteiger partial charge in [-0.2, -0.15) is 0 Å². The van der Waals surface area contributed by atoms with Gasteiger partial charge in [-0.05, 0) is 71.3 Å². The minimum Gasteiger partial charge on any atom is -0.492 e. The predicted octanol–water partition coefficient (Wildman–Crippen LogP) is 4.12. The minimum atomic E-state index is -0.572. The number of carbonyl (C=O) groups excluding carboxylic acids is 1. The highest BCUT2D eigenvalue weighted by Gasteiger charge is 2.23. The highest BCUT2D eigenvalue weighted by atomic mass is 127. The van der Waals surface area contributed by atoms with Crippen molar-refractivity contribution < 1.29 is 19.0 Å². The van der Waals surface area contributed by atoms with E-state index in [2.05, 4.69) is 27.6 Å². The number of hydrogen-bond donors (Lipinski definition) is 3. The maximum atomic E-state index is 13.7. The first-order chi connectivity index (χ1) is 13.4. The van der Waals surface area contributed by atoms with Gasteiger partial charge in [-0.1, -0.05) is 6.92 Å². The van der Waals surface area contributed by atoms with Crippen LogP contribution in [-0.4, -0.2) is 29.2 Å². The second-order valence-electron chi connectivity index (χ2n) is 6.67. The van der Waals surface area contributed by atoms with Crippen LogP contribution in [0.4, 0.5) is 4.39 Å². The Hall–Kier alpha value is -2.13. The monoisotopic (exact) mass is 496 g/mol. The number of H-pyrrole nitrogens is 1. The largest absolute Gasteiger partial charge is 0.492 e. The number of ether oxygens (including phenoxy) is 1. The molecule has 1 atom stereocenters. The van der Waals surface area contributed by atoms with Crippen molar-refractivity contribution in [3.05, 3.63) is 62.6 Å². The fourth-order valence-electron chi connectivity index (χ4n) is 3.32. The molecule has 1 aromatic heterocycles. The molecule has 1 amide bonds. The standard InChI is InChI=1S/C21H22FIN2O3/c1-2-5-28-20-17(8-15(23)9-18(20)21(24)27)13(11-26)6-12-10-25-19-4-3-14(22)7-16(12)19/h3-4,7-10,13,25-26H,2,5-6,11H2,1H3,(H2,24,27). The summed E-state index contributed by atoms with van der Waals surface area (Å²) in [6, 6.07) is 8.16. The van der Waals surface area contributed by atoms with Gasteiger partial charge in [0.05, 0.1) is 18.8 Å². The van der Waals surface area contributed by atoms with Gasteiger partial charge in [0.15, 0.2) is 0 Å². The SMILES string of the molecule is CCCOc1c(C(N)=O)cc(I)cc1C(CO)Cc1c[nH]c2ccc(F)cc12. The molecule has 2 aromatic carbocycles. The Morgan fingerprint density at radius 3 is 2.82 bits per heavy atom. The number of hydrogen-bond acceptors (Lipinski definition) is 3. The fourth-order valence-corrected chi connectivity index (χ4v) is 3.97. The first-order valence-corrected chi connectivity index (χ1v) is 10.1. The van der Waals surface area contributed by atoms with Gasteiger partial charge in [0.1, 0.15) is 11.6 Å². The molecule has 0 aliphatic rings. The molecule has 3 aromatic rings. The maximum absolute atomic E-state index is 13.7. The third-order valence-corrected chi connectivity index (χ3v) is 5.28. The third-order valence-electron chi connectivity index (χ3n) is 4.65. The molecular formula is C21H22FIN2O3. The molecule has 1 unspecified atom stereocenters. The van der Waals surface area contributed by atoms with Crippen LogP contribution >= 0.6 is 22.6 Å². The van der Waals surface area contributed by atoms with Gasteiger partial charge < -0.3 is 20.6 Å². The van der Waals surface area contributed by atoms with E-state index in [0.717, 1.165) is 32.0 Å². The van der Waals surface area contributed by atoms with Crippen LogP contribution in [0.15, 0.2) is 36.5 Å². The Morgan fingerprint density at radius 2 is 2.14 bits per heavy atom. The van der Waals surface area contributed by atoms with E-state index in [1.807, 2.05) is 19.2 Å². The first-order valence-electron chi connectivity index (χ1n) is 9.07. The Bertz CT molecular complexity index is 1000. The average Bonchev–Trinajstić information content (AvgIpc) is 3.06. The van der Waals surface area contributed by atoms with Gasteiger partial charge in [-0.15, -0.1) is 0 Å². The van der Waals surface area contributed by atoms with Crippen molar-refractivity contribution >= 4 is 39.4 Å². The molecule has 0 fully saturated rings. The van der Waals surface area contributed by atoms with Crippen molar-refractivity contribution in [3.8, 4) is 5.75 Å². The van der Waals surface area contributed by atoms with E-state index in [0.29, 0.717) is 24.3 Å². The first kappa shape index (κ1) is 20.6. The van der Waals surface area contributed by atoms with Gasteiger partial charge >= 0.3 is 0 Å². The Balaban J connectivity index is 2.05. The molecule has 148 valence electrons. The quantitative estimate of drug-likeness (QED) is 0.410. The number of primary amides is 1. The molecule has 5 nitrogen and oxygen atoms in total. The van der Waals surface area contributed by atoms with Crippen LogP contribution in [0.25, 0.3) is 10.9 Å². The zero-order chi connectivity index (χ0) is 20.3. The number of aliphatic hydroxyl groups is 1. The molecule has 0 aliphatic carbocycles. The Kier molecular flexibility index (Phi) is 6.56. The summed E-state index contributed by atoms with van der Waals surface area (Å²) in [5, 5.41) is 10.9. The van der Waals surface area contributed by atoms with Crippen LogP contribution in [0.1, 0.15) is 40.7 Å². The van der Waals surface area contributed by atoms with Gasteiger partial charge in [0, 0.05) is 32.2 Å². The molecule has 0 saturated carbocycles. The van der Waals surface area contributed by atoms with E-state index < -0.39 is 5.91 Å². The zero-order valence-corrected chi connectivity index (χ0v) is 17.6. The summed E-state index contributed by atoms with van der Waals surface area (Å²) in [4.78, 5) is 15.1. The lowest BCUT2D eigenvalue weighted by atomic mass is 9.90. The lowest BCUT2D eigenvalue weighted by Crippen LogP contribution is -2.18. The predicted molar refractivity (Wildman–Crippen MR) is 115 cm³/mol. The van der Waals surface area contributed by atoms with E-state index in [4.69, 9.17) is 10.5 Å². The summed E-state index contributed by atoms with van der Waals surface area (Å²) in [5.74, 6) is -0.801. The molecule has 1 heterocycles. The highest BCUT2D eigenvalue weighted by Crippen LogP contribution is 2.35. The van der Waals surface area contributed by atoms with E-state index in [1.165, 1.54) is 12.1 Å². The molecule has 0 saturated heterocycles. The second kappa shape index (κ2) is 8.91. The topological polar surface area (TPSA) is 88.3 Å². The number of halogens is 2. The van der Waals surface area contributed by atoms with Gasteiger partial charge in [-0.3, -0.25) is 4.79 Å². The van der Waals surface area contributed by atoms with Crippen LogP contribution in [-0.2, 0) is 6.42 Å². The number of benzene rings is 2. The van der Waals surface area contributed by atoms with Gasteiger partial charge in [-0.25, -0.2) is 4.39 Å². The fraction of sp³-hybridized carbons (Fsp3) is 0.286. The molecule has 0 aliphatic heterocycles. The summed E-state index contributed by atoms with van der Waals surface area (Å²) in [6.45, 7) is 2.26. The number of carbonyl (C=O) groups is 1. The molecule has 0 radical (unpaired) electrons. The Morgan fingerprint density at radius 1 is 1.36 bits per heavy atom. The number of aromatic nitrogens is 1. The normalized spacial score (nSPS) is 12.3. The summed E-state index contributed by atoms with van der Waals surface area (Å²) in [7, 11) is 0. The van der Waals surface area contributed by atoms with Gasteiger partial charge in [0.2, 0.25) is 0 Å². The number of nitrogens with one attached hydrogen (secondary N) is 1. The lowest BCUT2D eigenvalue weighted by molar-refractivity contribution is 0.0995. The Labute approximate surface area is 176 Å². The summed E-state index contributed by atoms with van der Waals surface area (Å²) >= 11 is 2.12. The number of fused-ring (bicyclic) bond motifs is 1. The van der Waals surface area contributed by atoms with Crippen molar-refractivity contribution in [2.24, 2.45) is 5.73 Å². The molecule has 0 spiro atoms. The van der Waals surface area contributed by atoms with Crippen LogP contribution in [0, 0.1) is 9.39 Å². The summed E-state index contributed by atoms with van der Waals surface area (Å²) < 4.78 is 20.4. The van der Waals surface area contributed by atoms with Crippen LogP contribution in [0.3, 0.4) is 0 Å². The zero-order valence-electron chi connectivity index (χ0n) is 15.5. The summed E-state index contributed by atoms with van der Waals surface area (Å²) in [5.41, 5.74) is 8.30. The van der Waals surface area contributed by atoms with Crippen molar-refractivity contribution in [1.82, 2.24) is 4.98 Å². The number of aromatic amines is 1. The van der Waals surface area contributed by atoms with E-state index in [9.17, 15) is 14.3 Å². The number of rotatable bonds is 8. The van der Waals surface area contributed by atoms with Crippen LogP contribution in [0.5, 0.6) is 5.75 Å². The number of aliphatic hydroxyl groups excluding tert-OH is 1. The van der Waals surface area contributed by atoms with E-state index >= 15 is 0 Å². The smallest absolute Gasteiger partial charge is 0.252 e. The minimum absolute atomic E-state index is 0.150. The molecule has 7 heteroatoms. The molecule has 4 N–H and O–H groups in total. The van der Waals surface area contributed by atoms with E-state index in [-0.39, 0.29) is 18.3 Å². The number of amides is 1. The van der Waals surface area contributed by atoms with Crippen molar-refractivity contribution in [2.75, 3.05) is 13.2 Å². The van der Waals surface area contributed by atoms with Crippen LogP contribution < -0.4 is 10.5 Å². The van der Waals surface area contributed by atoms with Gasteiger partial charge in [0.25, 0.3) is 5.91 Å². The highest BCUT2D eigenvalue weighted by molar-refractivity contribution is 14.1. The number of nitrogens with two attached hydrogens (primary N) is 1. The molecule has 0 bridgehead atoms. The lowest BCUT2D eigenvalue weighted by Gasteiger charge is -2.21. The summed E-state index contributed by atoms with van der Waals surface area (Å²) in [6.07, 6.45) is 3.05. The maximum Gasteiger partial charge on any atom is 0.252 e.